The monoisotopic (exact) mass is 170 g/mol. The average molecular weight is 170 g/mol. The first-order chi connectivity index (χ1) is 5.55. The van der Waals surface area contributed by atoms with Gasteiger partial charge in [0.2, 0.25) is 0 Å². The molecule has 0 saturated heterocycles. The van der Waals surface area contributed by atoms with Crippen LogP contribution in [-0.4, -0.2) is 18.9 Å². The van der Waals surface area contributed by atoms with Crippen molar-refractivity contribution < 1.29 is 14.3 Å². The zero-order chi connectivity index (χ0) is 9.35. The topological polar surface area (TPSA) is 43.4 Å². The number of carbonyl (C=O) groups is 2. The molecule has 0 bridgehead atoms. The van der Waals surface area contributed by atoms with E-state index >= 15 is 0 Å². The van der Waals surface area contributed by atoms with Crippen molar-refractivity contribution in [3.63, 3.8) is 0 Å². The summed E-state index contributed by atoms with van der Waals surface area (Å²) in [5.41, 5.74) is -0.187. The van der Waals surface area contributed by atoms with E-state index in [-0.39, 0.29) is 23.2 Å². The van der Waals surface area contributed by atoms with Crippen molar-refractivity contribution in [2.45, 2.75) is 20.8 Å². The lowest BCUT2D eigenvalue weighted by atomic mass is 10.1. The summed E-state index contributed by atoms with van der Waals surface area (Å²) >= 11 is 0. The SMILES string of the molecule is CCOC(=O)[C@@H]1[C@H](C=O)C1(C)C. The van der Waals surface area contributed by atoms with E-state index in [1.807, 2.05) is 13.8 Å². The summed E-state index contributed by atoms with van der Waals surface area (Å²) < 4.78 is 4.84. The summed E-state index contributed by atoms with van der Waals surface area (Å²) in [5.74, 6) is -0.592. The highest BCUT2D eigenvalue weighted by Gasteiger charge is 2.62. The second-order valence-electron chi connectivity index (χ2n) is 3.71. The summed E-state index contributed by atoms with van der Waals surface area (Å²) in [4.78, 5) is 21.7. The van der Waals surface area contributed by atoms with Crippen LogP contribution in [0.4, 0.5) is 0 Å². The van der Waals surface area contributed by atoms with Gasteiger partial charge in [-0.1, -0.05) is 13.8 Å². The maximum atomic E-state index is 11.2. The summed E-state index contributed by atoms with van der Waals surface area (Å²) in [6.07, 6.45) is 0.849. The number of carbonyl (C=O) groups excluding carboxylic acids is 2. The summed E-state index contributed by atoms with van der Waals surface area (Å²) in [7, 11) is 0. The molecule has 0 N–H and O–H groups in total. The van der Waals surface area contributed by atoms with Crippen molar-refractivity contribution in [3.8, 4) is 0 Å². The van der Waals surface area contributed by atoms with Gasteiger partial charge < -0.3 is 9.53 Å². The minimum Gasteiger partial charge on any atom is -0.466 e. The summed E-state index contributed by atoms with van der Waals surface area (Å²) in [5, 5.41) is 0. The van der Waals surface area contributed by atoms with Crippen molar-refractivity contribution in [2.75, 3.05) is 6.61 Å². The molecule has 0 unspecified atom stereocenters. The third kappa shape index (κ3) is 1.24. The van der Waals surface area contributed by atoms with Gasteiger partial charge >= 0.3 is 5.97 Å². The van der Waals surface area contributed by atoms with E-state index in [2.05, 4.69) is 0 Å². The van der Waals surface area contributed by atoms with Crippen LogP contribution < -0.4 is 0 Å². The Morgan fingerprint density at radius 2 is 2.17 bits per heavy atom. The van der Waals surface area contributed by atoms with Crippen LogP contribution in [0.25, 0.3) is 0 Å². The van der Waals surface area contributed by atoms with E-state index in [0.717, 1.165) is 6.29 Å². The lowest BCUT2D eigenvalue weighted by Gasteiger charge is -2.01. The Hall–Kier alpha value is -0.860. The van der Waals surface area contributed by atoms with Crippen LogP contribution in [0.3, 0.4) is 0 Å². The Morgan fingerprint density at radius 3 is 2.50 bits per heavy atom. The molecule has 0 aromatic rings. The molecule has 1 rings (SSSR count). The Morgan fingerprint density at radius 1 is 1.58 bits per heavy atom. The van der Waals surface area contributed by atoms with Gasteiger partial charge in [-0.3, -0.25) is 4.79 Å². The second kappa shape index (κ2) is 2.88. The lowest BCUT2D eigenvalue weighted by molar-refractivity contribution is -0.146. The fourth-order valence-electron chi connectivity index (χ4n) is 1.61. The van der Waals surface area contributed by atoms with Gasteiger partial charge in [0.05, 0.1) is 12.5 Å². The van der Waals surface area contributed by atoms with Crippen LogP contribution in [0, 0.1) is 17.3 Å². The fourth-order valence-corrected chi connectivity index (χ4v) is 1.61. The molecule has 12 heavy (non-hydrogen) atoms. The molecule has 0 spiro atoms. The number of hydrogen-bond donors (Lipinski definition) is 0. The first-order valence-electron chi connectivity index (χ1n) is 4.17. The quantitative estimate of drug-likeness (QED) is 0.469. The zero-order valence-electron chi connectivity index (χ0n) is 7.66. The van der Waals surface area contributed by atoms with Gasteiger partial charge in [0.25, 0.3) is 0 Å². The van der Waals surface area contributed by atoms with Crippen molar-refractivity contribution in [1.29, 1.82) is 0 Å². The molecule has 0 aromatic heterocycles. The third-order valence-electron chi connectivity index (χ3n) is 2.60. The Labute approximate surface area is 72.1 Å². The average Bonchev–Trinajstić information content (AvgIpc) is 2.53. The summed E-state index contributed by atoms with van der Waals surface area (Å²) in [6, 6.07) is 0. The summed E-state index contributed by atoms with van der Waals surface area (Å²) in [6.45, 7) is 5.97. The molecule has 2 atom stereocenters. The highest BCUT2D eigenvalue weighted by molar-refractivity contribution is 5.84. The van der Waals surface area contributed by atoms with Crippen molar-refractivity contribution >= 4 is 12.3 Å². The predicted molar refractivity (Wildman–Crippen MR) is 43.5 cm³/mol. The molecule has 1 saturated carbocycles. The Balaban J connectivity index is 2.57. The fraction of sp³-hybridized carbons (Fsp3) is 0.778. The molecule has 0 heterocycles. The normalized spacial score (nSPS) is 30.9. The molecule has 68 valence electrons. The minimum atomic E-state index is -0.236. The van der Waals surface area contributed by atoms with Crippen molar-refractivity contribution in [3.05, 3.63) is 0 Å². The molecular formula is C9H14O3. The van der Waals surface area contributed by atoms with E-state index in [9.17, 15) is 9.59 Å². The van der Waals surface area contributed by atoms with Gasteiger partial charge in [0.1, 0.15) is 6.29 Å². The minimum absolute atomic E-state index is 0.142. The Bertz CT molecular complexity index is 208. The molecule has 3 nitrogen and oxygen atoms in total. The van der Waals surface area contributed by atoms with E-state index in [4.69, 9.17) is 4.74 Å². The number of hydrogen-bond acceptors (Lipinski definition) is 3. The molecule has 1 aliphatic rings. The van der Waals surface area contributed by atoms with Crippen LogP contribution in [-0.2, 0) is 14.3 Å². The van der Waals surface area contributed by atoms with Gasteiger partial charge in [0, 0.05) is 5.92 Å². The van der Waals surface area contributed by atoms with Crippen molar-refractivity contribution in [2.24, 2.45) is 17.3 Å². The van der Waals surface area contributed by atoms with Crippen LogP contribution in [0.1, 0.15) is 20.8 Å². The predicted octanol–water partition coefficient (Wildman–Crippen LogP) is 1.02. The maximum Gasteiger partial charge on any atom is 0.310 e. The van der Waals surface area contributed by atoms with Gasteiger partial charge in [-0.15, -0.1) is 0 Å². The van der Waals surface area contributed by atoms with E-state index in [0.29, 0.717) is 6.61 Å². The van der Waals surface area contributed by atoms with Crippen LogP contribution >= 0.6 is 0 Å². The highest BCUT2D eigenvalue weighted by atomic mass is 16.5. The largest absolute Gasteiger partial charge is 0.466 e. The van der Waals surface area contributed by atoms with Crippen LogP contribution in [0.15, 0.2) is 0 Å². The number of rotatable bonds is 3. The van der Waals surface area contributed by atoms with Gasteiger partial charge in [-0.25, -0.2) is 0 Å². The van der Waals surface area contributed by atoms with E-state index < -0.39 is 0 Å². The Kier molecular flexibility index (Phi) is 2.22. The highest BCUT2D eigenvalue weighted by Crippen LogP contribution is 2.57. The molecule has 0 radical (unpaired) electrons. The lowest BCUT2D eigenvalue weighted by Crippen LogP contribution is -2.10. The molecule has 0 aliphatic heterocycles. The first kappa shape index (κ1) is 9.23. The zero-order valence-corrected chi connectivity index (χ0v) is 7.66. The van der Waals surface area contributed by atoms with Gasteiger partial charge in [-0.05, 0) is 12.3 Å². The number of esters is 1. The molecular weight excluding hydrogens is 156 g/mol. The van der Waals surface area contributed by atoms with Crippen LogP contribution in [0.2, 0.25) is 0 Å². The standard InChI is InChI=1S/C9H14O3/c1-4-12-8(11)7-6(5-10)9(7,2)3/h5-7H,4H2,1-3H3/t6-,7-/m0/s1. The molecule has 1 aliphatic carbocycles. The maximum absolute atomic E-state index is 11.2. The number of ether oxygens (including phenoxy) is 1. The smallest absolute Gasteiger partial charge is 0.310 e. The van der Waals surface area contributed by atoms with Crippen molar-refractivity contribution in [1.82, 2.24) is 0 Å². The van der Waals surface area contributed by atoms with E-state index in [1.165, 1.54) is 0 Å². The van der Waals surface area contributed by atoms with Gasteiger partial charge in [0.15, 0.2) is 0 Å². The molecule has 3 heteroatoms. The molecule has 0 amide bonds. The third-order valence-corrected chi connectivity index (χ3v) is 2.60. The van der Waals surface area contributed by atoms with Crippen LogP contribution in [0.5, 0.6) is 0 Å². The number of aldehydes is 1. The van der Waals surface area contributed by atoms with Gasteiger partial charge in [-0.2, -0.15) is 0 Å². The van der Waals surface area contributed by atoms with E-state index in [1.54, 1.807) is 6.92 Å². The molecule has 0 aromatic carbocycles. The molecule has 1 fully saturated rings. The first-order valence-corrected chi connectivity index (χ1v) is 4.17. The second-order valence-corrected chi connectivity index (χ2v) is 3.71.